The van der Waals surface area contributed by atoms with E-state index in [0.717, 1.165) is 6.42 Å². The number of aromatic nitrogens is 2. The lowest BCUT2D eigenvalue weighted by Crippen LogP contribution is -1.81. The number of aryl methyl sites for hydroxylation is 1. The zero-order valence-electron chi connectivity index (χ0n) is 8.12. The van der Waals surface area contributed by atoms with E-state index in [2.05, 4.69) is 46.9 Å². The Morgan fingerprint density at radius 1 is 1.36 bits per heavy atom. The highest BCUT2D eigenvalue weighted by molar-refractivity contribution is 5.95. The number of nitrogens with one attached hydrogen (secondary N) is 1. The number of rotatable bonds is 1. The third-order valence-electron chi connectivity index (χ3n) is 2.71. The van der Waals surface area contributed by atoms with Crippen LogP contribution in [0.5, 0.6) is 0 Å². The number of hydrogen-bond donors (Lipinski definition) is 1. The summed E-state index contributed by atoms with van der Waals surface area (Å²) in [6.45, 7) is 2.17. The van der Waals surface area contributed by atoms with Crippen LogP contribution in [-0.2, 0) is 6.42 Å². The molecule has 2 nitrogen and oxygen atoms in total. The van der Waals surface area contributed by atoms with E-state index in [1.807, 2.05) is 6.07 Å². The molecule has 3 aromatic rings. The van der Waals surface area contributed by atoms with Crippen LogP contribution in [0.1, 0.15) is 12.6 Å². The predicted octanol–water partition coefficient (Wildman–Crippen LogP) is 2.98. The molecule has 0 unspecified atom stereocenters. The molecule has 0 aromatic carbocycles. The summed E-state index contributed by atoms with van der Waals surface area (Å²) in [5, 5.41) is 1.30. The molecule has 3 aromatic heterocycles. The Balaban J connectivity index is 2.45. The zero-order chi connectivity index (χ0) is 9.54. The summed E-state index contributed by atoms with van der Waals surface area (Å²) in [7, 11) is 0. The molecule has 2 heteroatoms. The minimum Gasteiger partial charge on any atom is -0.357 e. The first kappa shape index (κ1) is 7.68. The van der Waals surface area contributed by atoms with Crippen molar-refractivity contribution >= 4 is 16.4 Å². The van der Waals surface area contributed by atoms with Crippen LogP contribution >= 0.6 is 0 Å². The number of nitrogens with zero attached hydrogens (tertiary/aromatic N) is 1. The molecule has 0 aliphatic rings. The standard InChI is InChI=1S/C12H12N2/c1-2-10-7-9-8-14-6-4-3-5-11(14)12(9)13-10/h3-8,13H,2H2,1H3. The van der Waals surface area contributed by atoms with Crippen molar-refractivity contribution in [3.8, 4) is 0 Å². The number of hydrogen-bond acceptors (Lipinski definition) is 0. The largest absolute Gasteiger partial charge is 0.357 e. The summed E-state index contributed by atoms with van der Waals surface area (Å²) in [5.74, 6) is 0. The fraction of sp³-hybridized carbons (Fsp3) is 0.167. The van der Waals surface area contributed by atoms with Crippen LogP contribution in [0.3, 0.4) is 0 Å². The molecule has 0 aliphatic carbocycles. The van der Waals surface area contributed by atoms with Crippen LogP contribution in [0.4, 0.5) is 0 Å². The van der Waals surface area contributed by atoms with E-state index >= 15 is 0 Å². The quantitative estimate of drug-likeness (QED) is 0.600. The van der Waals surface area contributed by atoms with Gasteiger partial charge >= 0.3 is 0 Å². The smallest absolute Gasteiger partial charge is 0.0715 e. The van der Waals surface area contributed by atoms with Gasteiger partial charge < -0.3 is 9.38 Å². The van der Waals surface area contributed by atoms with E-state index in [0.29, 0.717) is 0 Å². The molecule has 0 atom stereocenters. The molecule has 14 heavy (non-hydrogen) atoms. The van der Waals surface area contributed by atoms with Gasteiger partial charge in [-0.15, -0.1) is 0 Å². The third kappa shape index (κ3) is 0.909. The minimum atomic E-state index is 1.06. The second-order valence-corrected chi connectivity index (χ2v) is 3.60. The molecule has 0 amide bonds. The van der Waals surface area contributed by atoms with E-state index in [1.165, 1.54) is 22.1 Å². The van der Waals surface area contributed by atoms with Crippen molar-refractivity contribution in [2.45, 2.75) is 13.3 Å². The molecular weight excluding hydrogens is 172 g/mol. The van der Waals surface area contributed by atoms with Crippen molar-refractivity contribution in [2.75, 3.05) is 0 Å². The number of pyridine rings is 1. The molecule has 0 saturated carbocycles. The van der Waals surface area contributed by atoms with Crippen molar-refractivity contribution in [1.82, 2.24) is 9.38 Å². The number of aromatic amines is 1. The van der Waals surface area contributed by atoms with Crippen LogP contribution in [0, 0.1) is 0 Å². The Kier molecular flexibility index (Phi) is 1.45. The highest BCUT2D eigenvalue weighted by Gasteiger charge is 2.04. The molecule has 70 valence electrons. The van der Waals surface area contributed by atoms with Crippen LogP contribution in [-0.4, -0.2) is 9.38 Å². The van der Waals surface area contributed by atoms with E-state index in [1.54, 1.807) is 0 Å². The van der Waals surface area contributed by atoms with E-state index in [9.17, 15) is 0 Å². The van der Waals surface area contributed by atoms with Crippen molar-refractivity contribution in [2.24, 2.45) is 0 Å². The van der Waals surface area contributed by atoms with Crippen LogP contribution in [0.25, 0.3) is 16.4 Å². The summed E-state index contributed by atoms with van der Waals surface area (Å²) in [5.41, 5.74) is 3.81. The second kappa shape index (κ2) is 2.64. The van der Waals surface area contributed by atoms with Gasteiger partial charge in [-0.3, -0.25) is 0 Å². The van der Waals surface area contributed by atoms with Crippen molar-refractivity contribution in [3.63, 3.8) is 0 Å². The summed E-state index contributed by atoms with van der Waals surface area (Å²) in [6, 6.07) is 8.48. The van der Waals surface area contributed by atoms with Crippen LogP contribution in [0.15, 0.2) is 36.7 Å². The monoisotopic (exact) mass is 184 g/mol. The average Bonchev–Trinajstić information content (AvgIpc) is 2.73. The molecule has 3 rings (SSSR count). The topological polar surface area (TPSA) is 20.2 Å². The molecule has 0 aliphatic heterocycles. The van der Waals surface area contributed by atoms with E-state index in [-0.39, 0.29) is 0 Å². The van der Waals surface area contributed by atoms with Gasteiger partial charge in [-0.1, -0.05) is 13.0 Å². The molecule has 1 N–H and O–H groups in total. The highest BCUT2D eigenvalue weighted by atomic mass is 14.9. The fourth-order valence-electron chi connectivity index (χ4n) is 1.96. The SMILES string of the molecule is CCc1cc2cn3ccccc3c2[nH]1. The van der Waals surface area contributed by atoms with Gasteiger partial charge in [0.05, 0.1) is 11.0 Å². The average molecular weight is 184 g/mol. The number of fused-ring (bicyclic) bond motifs is 3. The fourth-order valence-corrected chi connectivity index (χ4v) is 1.96. The number of H-pyrrole nitrogens is 1. The first-order valence-corrected chi connectivity index (χ1v) is 4.96. The lowest BCUT2D eigenvalue weighted by Gasteiger charge is -1.92. The molecular formula is C12H12N2. The van der Waals surface area contributed by atoms with Gasteiger partial charge in [-0.2, -0.15) is 0 Å². The maximum atomic E-state index is 3.45. The summed E-state index contributed by atoms with van der Waals surface area (Å²) in [4.78, 5) is 3.45. The van der Waals surface area contributed by atoms with Gasteiger partial charge in [0, 0.05) is 23.5 Å². The van der Waals surface area contributed by atoms with Gasteiger partial charge in [0.25, 0.3) is 0 Å². The second-order valence-electron chi connectivity index (χ2n) is 3.60. The predicted molar refractivity (Wildman–Crippen MR) is 58.6 cm³/mol. The van der Waals surface area contributed by atoms with Crippen molar-refractivity contribution in [1.29, 1.82) is 0 Å². The van der Waals surface area contributed by atoms with Crippen LogP contribution in [0.2, 0.25) is 0 Å². The first-order chi connectivity index (χ1) is 6.88. The normalized spacial score (nSPS) is 11.5. The minimum absolute atomic E-state index is 1.06. The van der Waals surface area contributed by atoms with Gasteiger partial charge in [-0.05, 0) is 24.6 Å². The lowest BCUT2D eigenvalue weighted by molar-refractivity contribution is 1.07. The van der Waals surface area contributed by atoms with Crippen LogP contribution < -0.4 is 0 Å². The van der Waals surface area contributed by atoms with Gasteiger partial charge in [0.1, 0.15) is 0 Å². The van der Waals surface area contributed by atoms with E-state index < -0.39 is 0 Å². The molecule has 0 fully saturated rings. The maximum absolute atomic E-state index is 3.45. The maximum Gasteiger partial charge on any atom is 0.0715 e. The molecule has 0 spiro atoms. The first-order valence-electron chi connectivity index (χ1n) is 4.96. The Hall–Kier alpha value is -1.70. The Morgan fingerprint density at radius 3 is 3.14 bits per heavy atom. The Morgan fingerprint density at radius 2 is 2.29 bits per heavy atom. The van der Waals surface area contributed by atoms with E-state index in [4.69, 9.17) is 0 Å². The Labute approximate surface area is 82.2 Å². The lowest BCUT2D eigenvalue weighted by atomic mass is 10.3. The molecule has 0 saturated heterocycles. The van der Waals surface area contributed by atoms with Gasteiger partial charge in [0.2, 0.25) is 0 Å². The summed E-state index contributed by atoms with van der Waals surface area (Å²) < 4.78 is 2.15. The third-order valence-corrected chi connectivity index (χ3v) is 2.71. The molecule has 0 radical (unpaired) electrons. The van der Waals surface area contributed by atoms with Gasteiger partial charge in [-0.25, -0.2) is 0 Å². The van der Waals surface area contributed by atoms with Crippen molar-refractivity contribution in [3.05, 3.63) is 42.4 Å². The molecule has 3 heterocycles. The highest BCUT2D eigenvalue weighted by Crippen LogP contribution is 2.22. The van der Waals surface area contributed by atoms with Gasteiger partial charge in [0.15, 0.2) is 0 Å². The summed E-state index contributed by atoms with van der Waals surface area (Å²) in [6.07, 6.45) is 5.31. The van der Waals surface area contributed by atoms with Crippen molar-refractivity contribution < 1.29 is 0 Å². The Bertz CT molecular complexity index is 586. The molecule has 0 bridgehead atoms. The zero-order valence-corrected chi connectivity index (χ0v) is 8.12. The summed E-state index contributed by atoms with van der Waals surface area (Å²) >= 11 is 0.